The van der Waals surface area contributed by atoms with E-state index in [4.69, 9.17) is 5.84 Å². The molecule has 0 aliphatic rings. The van der Waals surface area contributed by atoms with Crippen molar-refractivity contribution in [3.63, 3.8) is 0 Å². The number of aromatic hydroxyl groups is 1. The predicted octanol–water partition coefficient (Wildman–Crippen LogP) is 2.20. The van der Waals surface area contributed by atoms with Crippen LogP contribution < -0.4 is 23.0 Å². The van der Waals surface area contributed by atoms with E-state index in [2.05, 4.69) is 70.8 Å². The first kappa shape index (κ1) is 20.9. The fraction of sp³-hybridized carbons (Fsp3) is 0.647. The van der Waals surface area contributed by atoms with Crippen LogP contribution in [0.2, 0.25) is 0 Å². The van der Waals surface area contributed by atoms with Crippen LogP contribution in [-0.2, 0) is 17.3 Å². The molecule has 0 amide bonds. The number of nitrogens with one attached hydrogen (secondary N) is 1. The molecule has 1 aromatic carbocycles. The highest BCUT2D eigenvalue weighted by Crippen LogP contribution is 2.39. The summed E-state index contributed by atoms with van der Waals surface area (Å²) >= 11 is 0. The molecular weight excluding hydrogens is 276 g/mol. The van der Waals surface area contributed by atoms with Crippen molar-refractivity contribution in [3.05, 3.63) is 28.8 Å². The van der Waals surface area contributed by atoms with Gasteiger partial charge in [-0.15, -0.1) is 0 Å². The van der Waals surface area contributed by atoms with Crippen LogP contribution in [0, 0.1) is 0 Å². The summed E-state index contributed by atoms with van der Waals surface area (Å²) in [5.74, 6) is 13.8. The van der Waals surface area contributed by atoms with Crippen LogP contribution in [0.3, 0.4) is 0 Å². The summed E-state index contributed by atoms with van der Waals surface area (Å²) in [5, 5.41) is 10.6. The van der Waals surface area contributed by atoms with Gasteiger partial charge >= 0.3 is 0 Å². The summed E-state index contributed by atoms with van der Waals surface area (Å²) in [4.78, 5) is 0. The fourth-order valence-corrected chi connectivity index (χ4v) is 2.38. The van der Waals surface area contributed by atoms with E-state index < -0.39 is 0 Å². The zero-order valence-electron chi connectivity index (χ0n) is 15.0. The number of nitrogens with two attached hydrogens (primary N) is 3. The molecule has 1 aromatic rings. The lowest BCUT2D eigenvalue weighted by Crippen LogP contribution is -2.23. The number of rotatable bonds is 4. The Morgan fingerprint density at radius 2 is 1.36 bits per heavy atom. The van der Waals surface area contributed by atoms with E-state index in [1.54, 1.807) is 0 Å². The third-order valence-corrected chi connectivity index (χ3v) is 3.57. The summed E-state index contributed by atoms with van der Waals surface area (Å²) in [6.45, 7) is 13.6. The number of aryl methyl sites for hydroxylation is 1. The second-order valence-electron chi connectivity index (χ2n) is 7.60. The Hall–Kier alpha value is -1.14. The van der Waals surface area contributed by atoms with E-state index in [1.807, 2.05) is 0 Å². The molecule has 0 saturated carbocycles. The minimum Gasteiger partial charge on any atom is -0.507 e. The van der Waals surface area contributed by atoms with Gasteiger partial charge in [-0.1, -0.05) is 53.7 Å². The van der Waals surface area contributed by atoms with Gasteiger partial charge in [0.05, 0.1) is 0 Å². The van der Waals surface area contributed by atoms with Crippen molar-refractivity contribution in [1.82, 2.24) is 5.43 Å². The average molecular weight is 310 g/mol. The molecule has 0 aliphatic carbocycles. The molecule has 22 heavy (non-hydrogen) atoms. The molecule has 0 atom stereocenters. The van der Waals surface area contributed by atoms with Gasteiger partial charge < -0.3 is 5.11 Å². The van der Waals surface area contributed by atoms with Crippen LogP contribution in [-0.4, -0.2) is 11.7 Å². The molecule has 8 N–H and O–H groups in total. The van der Waals surface area contributed by atoms with Gasteiger partial charge in [0, 0.05) is 6.54 Å². The quantitative estimate of drug-likeness (QED) is 0.333. The van der Waals surface area contributed by atoms with Crippen LogP contribution >= 0.6 is 0 Å². The molecule has 0 bridgehead atoms. The number of benzene rings is 1. The molecule has 0 aliphatic heterocycles. The number of phenols is 1. The van der Waals surface area contributed by atoms with E-state index in [9.17, 15) is 5.11 Å². The predicted molar refractivity (Wildman–Crippen MR) is 94.4 cm³/mol. The summed E-state index contributed by atoms with van der Waals surface area (Å²) < 4.78 is 0. The normalized spacial score (nSPS) is 11.9. The SMILES string of the molecule is CC(C)(C)c1cc(CCCNN)cc(C(C)(C)C)c1O.NN. The maximum Gasteiger partial charge on any atom is 0.123 e. The van der Waals surface area contributed by atoms with Crippen LogP contribution in [0.15, 0.2) is 12.1 Å². The molecule has 5 nitrogen and oxygen atoms in total. The van der Waals surface area contributed by atoms with E-state index in [-0.39, 0.29) is 10.8 Å². The van der Waals surface area contributed by atoms with Crippen molar-refractivity contribution in [2.24, 2.45) is 17.5 Å². The second-order valence-corrected chi connectivity index (χ2v) is 7.60. The Kier molecular flexibility index (Phi) is 8.04. The first-order chi connectivity index (χ1) is 10.1. The smallest absolute Gasteiger partial charge is 0.123 e. The van der Waals surface area contributed by atoms with Gasteiger partial charge in [-0.2, -0.15) is 0 Å². The Balaban J connectivity index is 0.00000211. The van der Waals surface area contributed by atoms with Crippen molar-refractivity contribution >= 4 is 0 Å². The van der Waals surface area contributed by atoms with Crippen LogP contribution in [0.4, 0.5) is 0 Å². The highest BCUT2D eigenvalue weighted by molar-refractivity contribution is 5.49. The number of phenolic OH excluding ortho intramolecular Hbond substituents is 1. The Bertz CT molecular complexity index is 424. The summed E-state index contributed by atoms with van der Waals surface area (Å²) in [5.41, 5.74) is 5.89. The Morgan fingerprint density at radius 1 is 0.955 bits per heavy atom. The van der Waals surface area contributed by atoms with Crippen LogP contribution in [0.1, 0.15) is 64.7 Å². The van der Waals surface area contributed by atoms with E-state index >= 15 is 0 Å². The van der Waals surface area contributed by atoms with Gasteiger partial charge in [0.25, 0.3) is 0 Å². The van der Waals surface area contributed by atoms with Gasteiger partial charge in [0.1, 0.15) is 5.75 Å². The summed E-state index contributed by atoms with van der Waals surface area (Å²) in [7, 11) is 0. The zero-order valence-corrected chi connectivity index (χ0v) is 15.0. The number of hydrogen-bond acceptors (Lipinski definition) is 5. The van der Waals surface area contributed by atoms with E-state index in [1.165, 1.54) is 5.56 Å². The number of hydrazine groups is 2. The lowest BCUT2D eigenvalue weighted by molar-refractivity contribution is 0.422. The van der Waals surface area contributed by atoms with Crippen molar-refractivity contribution in [2.75, 3.05) is 6.54 Å². The van der Waals surface area contributed by atoms with Gasteiger partial charge in [-0.05, 0) is 40.4 Å². The van der Waals surface area contributed by atoms with E-state index in [0.29, 0.717) is 5.75 Å². The first-order valence-corrected chi connectivity index (χ1v) is 7.71. The summed E-state index contributed by atoms with van der Waals surface area (Å²) in [6, 6.07) is 4.28. The average Bonchev–Trinajstić information content (AvgIpc) is 2.40. The molecule has 128 valence electrons. The third kappa shape index (κ3) is 5.93. The molecule has 0 radical (unpaired) electrons. The van der Waals surface area contributed by atoms with E-state index in [0.717, 1.165) is 30.5 Å². The van der Waals surface area contributed by atoms with Crippen LogP contribution in [0.5, 0.6) is 5.75 Å². The van der Waals surface area contributed by atoms with Gasteiger partial charge in [-0.25, -0.2) is 0 Å². The Labute approximate surface area is 135 Å². The minimum absolute atomic E-state index is 0.0633. The topological polar surface area (TPSA) is 110 Å². The molecule has 1 rings (SSSR count). The highest BCUT2D eigenvalue weighted by atomic mass is 16.3. The summed E-state index contributed by atoms with van der Waals surface area (Å²) in [6.07, 6.45) is 1.96. The Morgan fingerprint density at radius 3 is 1.68 bits per heavy atom. The van der Waals surface area contributed by atoms with Gasteiger partial charge in [0.2, 0.25) is 0 Å². The zero-order chi connectivity index (χ0) is 17.6. The van der Waals surface area contributed by atoms with Gasteiger partial charge in [0.15, 0.2) is 0 Å². The lowest BCUT2D eigenvalue weighted by atomic mass is 9.78. The largest absolute Gasteiger partial charge is 0.507 e. The number of hydrogen-bond donors (Lipinski definition) is 5. The van der Waals surface area contributed by atoms with Crippen molar-refractivity contribution in [3.8, 4) is 5.75 Å². The first-order valence-electron chi connectivity index (χ1n) is 7.71. The molecular formula is C17H34N4O. The van der Waals surface area contributed by atoms with Gasteiger partial charge in [-0.3, -0.25) is 23.0 Å². The van der Waals surface area contributed by atoms with Crippen molar-refractivity contribution < 1.29 is 5.11 Å². The maximum absolute atomic E-state index is 10.6. The molecule has 0 unspecified atom stereocenters. The molecule has 0 saturated heterocycles. The molecule has 0 aromatic heterocycles. The standard InChI is InChI=1S/C17H30N2O.H4N2/c1-16(2,3)13-10-12(8-7-9-19-18)11-14(15(13)20)17(4,5)6;1-2/h10-11,19-20H,7-9,18H2,1-6H3;1-2H2. The molecule has 0 heterocycles. The van der Waals surface area contributed by atoms with Crippen LogP contribution in [0.25, 0.3) is 0 Å². The monoisotopic (exact) mass is 310 g/mol. The maximum atomic E-state index is 10.6. The fourth-order valence-electron chi connectivity index (χ4n) is 2.38. The molecule has 0 fully saturated rings. The third-order valence-electron chi connectivity index (χ3n) is 3.57. The lowest BCUT2D eigenvalue weighted by Gasteiger charge is -2.28. The second kappa shape index (κ2) is 8.48. The molecule has 0 spiro atoms. The van der Waals surface area contributed by atoms with Crippen molar-refractivity contribution in [2.45, 2.75) is 65.2 Å². The van der Waals surface area contributed by atoms with Crippen molar-refractivity contribution in [1.29, 1.82) is 0 Å². The minimum atomic E-state index is -0.0633. The highest BCUT2D eigenvalue weighted by Gasteiger charge is 2.26. The molecule has 5 heteroatoms.